The molecule has 1 aromatic carbocycles. The molecular weight excluding hydrogens is 216 g/mol. The highest BCUT2D eigenvalue weighted by molar-refractivity contribution is 5.94. The van der Waals surface area contributed by atoms with E-state index in [2.05, 4.69) is 0 Å². The Bertz CT molecular complexity index is 373. The van der Waals surface area contributed by atoms with Crippen molar-refractivity contribution in [2.24, 2.45) is 0 Å². The first-order valence-electron chi connectivity index (χ1n) is 4.81. The minimum atomic E-state index is -0.901. The Balaban J connectivity index is 2.96. The highest BCUT2D eigenvalue weighted by Gasteiger charge is 2.21. The van der Waals surface area contributed by atoms with Crippen molar-refractivity contribution in [3.8, 4) is 0 Å². The fourth-order valence-corrected chi connectivity index (χ4v) is 1.37. The Morgan fingerprint density at radius 3 is 2.38 bits per heavy atom. The van der Waals surface area contributed by atoms with Crippen LogP contribution in [-0.2, 0) is 0 Å². The summed E-state index contributed by atoms with van der Waals surface area (Å²) in [5, 5.41) is 9.08. The Morgan fingerprint density at radius 1 is 1.44 bits per heavy atom. The number of aliphatic hydroxyl groups is 1. The van der Waals surface area contributed by atoms with Crippen LogP contribution in [0, 0.1) is 11.6 Å². The van der Waals surface area contributed by atoms with E-state index >= 15 is 0 Å². The third-order valence-electron chi connectivity index (χ3n) is 2.06. The lowest BCUT2D eigenvalue weighted by Gasteiger charge is -2.19. The maximum Gasteiger partial charge on any atom is 0.259 e. The summed E-state index contributed by atoms with van der Waals surface area (Å²) in [4.78, 5) is 12.7. The second-order valence-electron chi connectivity index (χ2n) is 3.63. The zero-order valence-electron chi connectivity index (χ0n) is 9.08. The minimum Gasteiger partial charge on any atom is -0.392 e. The molecule has 0 aliphatic rings. The van der Waals surface area contributed by atoms with Crippen molar-refractivity contribution < 1.29 is 18.7 Å². The van der Waals surface area contributed by atoms with E-state index < -0.39 is 29.2 Å². The number of nitrogens with zero attached hydrogens (tertiary/aromatic N) is 1. The van der Waals surface area contributed by atoms with E-state index in [4.69, 9.17) is 5.11 Å². The minimum absolute atomic E-state index is 0.0204. The first-order chi connectivity index (χ1) is 7.43. The Morgan fingerprint density at radius 2 is 1.94 bits per heavy atom. The lowest BCUT2D eigenvalue weighted by Crippen LogP contribution is -2.34. The molecule has 0 aromatic heterocycles. The average Bonchev–Trinajstić information content (AvgIpc) is 2.16. The van der Waals surface area contributed by atoms with Crippen LogP contribution >= 0.6 is 0 Å². The van der Waals surface area contributed by atoms with Crippen LogP contribution in [-0.4, -0.2) is 35.6 Å². The van der Waals surface area contributed by atoms with Gasteiger partial charge in [0.25, 0.3) is 5.91 Å². The number of carbonyl (C=O) groups is 1. The molecule has 1 amide bonds. The van der Waals surface area contributed by atoms with Gasteiger partial charge in [-0.1, -0.05) is 6.07 Å². The standard InChI is InChI=1S/C11H13F2NO2/c1-7(15)6-14(2)11(16)10-8(12)4-3-5-9(10)13/h3-5,7,15H,6H2,1-2H3. The molecule has 0 saturated heterocycles. The van der Waals surface area contributed by atoms with E-state index in [1.807, 2.05) is 0 Å². The number of hydrogen-bond donors (Lipinski definition) is 1. The van der Waals surface area contributed by atoms with E-state index in [1.54, 1.807) is 0 Å². The molecule has 0 aliphatic heterocycles. The highest BCUT2D eigenvalue weighted by Crippen LogP contribution is 2.14. The largest absolute Gasteiger partial charge is 0.392 e. The van der Waals surface area contributed by atoms with Crippen LogP contribution in [0.1, 0.15) is 17.3 Å². The maximum atomic E-state index is 13.2. The predicted molar refractivity (Wildman–Crippen MR) is 55.0 cm³/mol. The van der Waals surface area contributed by atoms with Gasteiger partial charge < -0.3 is 10.0 Å². The second kappa shape index (κ2) is 5.03. The van der Waals surface area contributed by atoms with Gasteiger partial charge >= 0.3 is 0 Å². The quantitative estimate of drug-likeness (QED) is 0.851. The van der Waals surface area contributed by atoms with Crippen molar-refractivity contribution in [1.82, 2.24) is 4.90 Å². The maximum absolute atomic E-state index is 13.2. The molecule has 88 valence electrons. The molecule has 0 fully saturated rings. The zero-order chi connectivity index (χ0) is 12.3. The van der Waals surface area contributed by atoms with Crippen LogP contribution in [0.4, 0.5) is 8.78 Å². The topological polar surface area (TPSA) is 40.5 Å². The molecule has 3 nitrogen and oxygen atoms in total. The molecule has 1 rings (SSSR count). The van der Waals surface area contributed by atoms with Crippen molar-refractivity contribution in [3.05, 3.63) is 35.4 Å². The van der Waals surface area contributed by atoms with Crippen molar-refractivity contribution >= 4 is 5.91 Å². The van der Waals surface area contributed by atoms with Crippen molar-refractivity contribution in [2.45, 2.75) is 13.0 Å². The van der Waals surface area contributed by atoms with Crippen LogP contribution in [0.5, 0.6) is 0 Å². The Kier molecular flexibility index (Phi) is 3.95. The predicted octanol–water partition coefficient (Wildman–Crippen LogP) is 1.42. The summed E-state index contributed by atoms with van der Waals surface area (Å²) in [6.07, 6.45) is -0.746. The van der Waals surface area contributed by atoms with E-state index in [0.717, 1.165) is 17.0 Å². The molecule has 0 saturated carbocycles. The second-order valence-corrected chi connectivity index (χ2v) is 3.63. The molecular formula is C11H13F2NO2. The molecule has 1 unspecified atom stereocenters. The third-order valence-corrected chi connectivity index (χ3v) is 2.06. The summed E-state index contributed by atoms with van der Waals surface area (Å²) in [6, 6.07) is 3.23. The monoisotopic (exact) mass is 229 g/mol. The summed E-state index contributed by atoms with van der Waals surface area (Å²) in [6.45, 7) is 1.51. The number of hydrogen-bond acceptors (Lipinski definition) is 2. The highest BCUT2D eigenvalue weighted by atomic mass is 19.1. The van der Waals surface area contributed by atoms with Crippen molar-refractivity contribution in [3.63, 3.8) is 0 Å². The molecule has 0 spiro atoms. The number of halogens is 2. The average molecular weight is 229 g/mol. The van der Waals surface area contributed by atoms with Gasteiger partial charge in [0.1, 0.15) is 17.2 Å². The molecule has 1 N–H and O–H groups in total. The van der Waals surface area contributed by atoms with Crippen molar-refractivity contribution in [1.29, 1.82) is 0 Å². The molecule has 0 bridgehead atoms. The number of amides is 1. The van der Waals surface area contributed by atoms with E-state index in [1.165, 1.54) is 20.0 Å². The van der Waals surface area contributed by atoms with Gasteiger partial charge in [0.15, 0.2) is 0 Å². The summed E-state index contributed by atoms with van der Waals surface area (Å²) < 4.78 is 26.5. The first kappa shape index (κ1) is 12.6. The van der Waals surface area contributed by atoms with Crippen LogP contribution in [0.2, 0.25) is 0 Å². The summed E-state index contributed by atoms with van der Waals surface area (Å²) in [7, 11) is 1.38. The number of likely N-dealkylation sites (N-methyl/N-ethyl adjacent to an activating group) is 1. The van der Waals surface area contributed by atoms with Gasteiger partial charge in [-0.2, -0.15) is 0 Å². The molecule has 0 heterocycles. The summed E-state index contributed by atoms with van der Waals surface area (Å²) in [5.74, 6) is -2.58. The molecule has 5 heteroatoms. The normalized spacial score (nSPS) is 12.3. The van der Waals surface area contributed by atoms with Crippen LogP contribution in [0.25, 0.3) is 0 Å². The first-order valence-corrected chi connectivity index (χ1v) is 4.81. The van der Waals surface area contributed by atoms with Crippen LogP contribution in [0.3, 0.4) is 0 Å². The van der Waals surface area contributed by atoms with Crippen LogP contribution in [0.15, 0.2) is 18.2 Å². The number of carbonyl (C=O) groups excluding carboxylic acids is 1. The Labute approximate surface area is 92.3 Å². The number of rotatable bonds is 3. The van der Waals surface area contributed by atoms with Gasteiger partial charge in [0, 0.05) is 13.6 Å². The van der Waals surface area contributed by atoms with E-state index in [0.29, 0.717) is 0 Å². The SMILES string of the molecule is CC(O)CN(C)C(=O)c1c(F)cccc1F. The number of aliphatic hydroxyl groups excluding tert-OH is 1. The third kappa shape index (κ3) is 2.76. The van der Waals surface area contributed by atoms with Gasteiger partial charge in [-0.15, -0.1) is 0 Å². The fraction of sp³-hybridized carbons (Fsp3) is 0.364. The van der Waals surface area contributed by atoms with Crippen LogP contribution < -0.4 is 0 Å². The zero-order valence-corrected chi connectivity index (χ0v) is 9.08. The fourth-order valence-electron chi connectivity index (χ4n) is 1.37. The molecule has 1 aromatic rings. The van der Waals surface area contributed by atoms with Gasteiger partial charge in [0.2, 0.25) is 0 Å². The van der Waals surface area contributed by atoms with Gasteiger partial charge in [0.05, 0.1) is 6.10 Å². The summed E-state index contributed by atoms with van der Waals surface area (Å²) >= 11 is 0. The summed E-state index contributed by atoms with van der Waals surface area (Å²) in [5.41, 5.74) is -0.592. The lowest BCUT2D eigenvalue weighted by molar-refractivity contribution is 0.0694. The molecule has 1 atom stereocenters. The van der Waals surface area contributed by atoms with Gasteiger partial charge in [-0.3, -0.25) is 4.79 Å². The number of benzene rings is 1. The van der Waals surface area contributed by atoms with E-state index in [9.17, 15) is 13.6 Å². The lowest BCUT2D eigenvalue weighted by atomic mass is 10.1. The van der Waals surface area contributed by atoms with Gasteiger partial charge in [-0.25, -0.2) is 8.78 Å². The smallest absolute Gasteiger partial charge is 0.259 e. The molecule has 0 radical (unpaired) electrons. The van der Waals surface area contributed by atoms with Gasteiger partial charge in [-0.05, 0) is 19.1 Å². The van der Waals surface area contributed by atoms with Crippen molar-refractivity contribution in [2.75, 3.05) is 13.6 Å². The molecule has 0 aliphatic carbocycles. The molecule has 16 heavy (non-hydrogen) atoms. The van der Waals surface area contributed by atoms with E-state index in [-0.39, 0.29) is 6.54 Å². The Hall–Kier alpha value is -1.49.